The minimum absolute atomic E-state index is 0.0453. The molecule has 0 spiro atoms. The monoisotopic (exact) mass is 264 g/mol. The molecular weight excluding hydrogens is 248 g/mol. The van der Waals surface area contributed by atoms with Crippen molar-refractivity contribution in [2.45, 2.75) is 24.7 Å². The molecule has 1 aromatic carbocycles. The molecule has 0 atom stereocenters. The molecule has 0 radical (unpaired) electrons. The Balaban J connectivity index is 1.96. The molecule has 0 aromatic heterocycles. The quantitative estimate of drug-likeness (QED) is 0.872. The number of rotatable bonds is 4. The second-order valence-electron chi connectivity index (χ2n) is 4.12. The van der Waals surface area contributed by atoms with Crippen LogP contribution in [0.3, 0.4) is 0 Å². The van der Waals surface area contributed by atoms with Gasteiger partial charge in [0.15, 0.2) is 0 Å². The van der Waals surface area contributed by atoms with Gasteiger partial charge in [0.25, 0.3) is 0 Å². The zero-order valence-corrected chi connectivity index (χ0v) is 11.1. The van der Waals surface area contributed by atoms with Gasteiger partial charge >= 0.3 is 0 Å². The predicted octanol–water partition coefficient (Wildman–Crippen LogP) is 1.80. The number of anilines is 1. The molecule has 0 fully saturated rings. The lowest BCUT2D eigenvalue weighted by Gasteiger charge is -2.17. The third kappa shape index (κ3) is 3.26. The Morgan fingerprint density at radius 2 is 2.33 bits per heavy atom. The van der Waals surface area contributed by atoms with E-state index in [2.05, 4.69) is 10.6 Å². The summed E-state index contributed by atoms with van der Waals surface area (Å²) in [5, 5.41) is 5.70. The van der Waals surface area contributed by atoms with Gasteiger partial charge in [-0.2, -0.15) is 0 Å². The van der Waals surface area contributed by atoms with E-state index in [4.69, 9.17) is 0 Å². The van der Waals surface area contributed by atoms with Crippen molar-refractivity contribution in [2.75, 3.05) is 17.6 Å². The standard InChI is InChI=1S/C13H16N2O2S/c1-2-12(16)14-6-5-9-3-4-11-10(7-9)15-13(17)8-18-11/h3-4,7H,2,5-6,8H2,1H3,(H,14,16)(H,15,17). The number of nitrogens with one attached hydrogen (secondary N) is 2. The Hall–Kier alpha value is -1.49. The Kier molecular flexibility index (Phi) is 4.25. The van der Waals surface area contributed by atoms with Crippen molar-refractivity contribution in [2.24, 2.45) is 0 Å². The van der Waals surface area contributed by atoms with Crippen LogP contribution in [-0.4, -0.2) is 24.1 Å². The molecule has 1 aliphatic rings. The summed E-state index contributed by atoms with van der Waals surface area (Å²) in [6, 6.07) is 6.05. The summed E-state index contributed by atoms with van der Waals surface area (Å²) in [6.07, 6.45) is 1.29. The fourth-order valence-corrected chi connectivity index (χ4v) is 2.55. The van der Waals surface area contributed by atoms with E-state index in [1.165, 1.54) is 0 Å². The second-order valence-corrected chi connectivity index (χ2v) is 5.14. The van der Waals surface area contributed by atoms with Crippen molar-refractivity contribution < 1.29 is 9.59 Å². The van der Waals surface area contributed by atoms with E-state index >= 15 is 0 Å². The maximum atomic E-state index is 11.3. The van der Waals surface area contributed by atoms with Crippen LogP contribution in [0.15, 0.2) is 23.1 Å². The molecule has 1 aliphatic heterocycles. The molecule has 5 heteroatoms. The van der Waals surface area contributed by atoms with Crippen LogP contribution in [0, 0.1) is 0 Å². The van der Waals surface area contributed by atoms with Crippen molar-refractivity contribution in [1.29, 1.82) is 0 Å². The lowest BCUT2D eigenvalue weighted by atomic mass is 10.1. The number of hydrogen-bond donors (Lipinski definition) is 2. The Labute approximate surface area is 111 Å². The van der Waals surface area contributed by atoms with Crippen molar-refractivity contribution in [3.05, 3.63) is 23.8 Å². The number of carbonyl (C=O) groups is 2. The lowest BCUT2D eigenvalue weighted by molar-refractivity contribution is -0.120. The molecule has 0 unspecified atom stereocenters. The molecule has 1 aromatic rings. The van der Waals surface area contributed by atoms with Gasteiger partial charge in [-0.3, -0.25) is 9.59 Å². The van der Waals surface area contributed by atoms with Gasteiger partial charge in [-0.15, -0.1) is 11.8 Å². The summed E-state index contributed by atoms with van der Waals surface area (Å²) in [7, 11) is 0. The highest BCUT2D eigenvalue weighted by molar-refractivity contribution is 8.00. The van der Waals surface area contributed by atoms with Crippen LogP contribution >= 0.6 is 11.8 Å². The zero-order chi connectivity index (χ0) is 13.0. The summed E-state index contributed by atoms with van der Waals surface area (Å²) >= 11 is 1.56. The van der Waals surface area contributed by atoms with Crippen LogP contribution in [0.2, 0.25) is 0 Å². The predicted molar refractivity (Wildman–Crippen MR) is 72.8 cm³/mol. The molecule has 96 valence electrons. The largest absolute Gasteiger partial charge is 0.356 e. The average Bonchev–Trinajstić information content (AvgIpc) is 2.38. The first-order chi connectivity index (χ1) is 8.69. The molecular formula is C13H16N2O2S. The maximum Gasteiger partial charge on any atom is 0.234 e. The molecule has 0 saturated carbocycles. The number of hydrogen-bond acceptors (Lipinski definition) is 3. The van der Waals surface area contributed by atoms with Crippen LogP contribution in [0.1, 0.15) is 18.9 Å². The first-order valence-corrected chi connectivity index (χ1v) is 7.00. The van der Waals surface area contributed by atoms with Crippen LogP contribution < -0.4 is 10.6 Å². The molecule has 0 saturated heterocycles. The Morgan fingerprint density at radius 3 is 3.11 bits per heavy atom. The summed E-state index contributed by atoms with van der Waals surface area (Å²) in [4.78, 5) is 23.5. The third-order valence-corrected chi connectivity index (χ3v) is 3.81. The fourth-order valence-electron chi connectivity index (χ4n) is 1.76. The van der Waals surface area contributed by atoms with Crippen molar-refractivity contribution in [3.8, 4) is 0 Å². The van der Waals surface area contributed by atoms with Crippen LogP contribution in [0.5, 0.6) is 0 Å². The summed E-state index contributed by atoms with van der Waals surface area (Å²) < 4.78 is 0. The molecule has 18 heavy (non-hydrogen) atoms. The van der Waals surface area contributed by atoms with Gasteiger partial charge in [0.05, 0.1) is 11.4 Å². The number of thioether (sulfide) groups is 1. The van der Waals surface area contributed by atoms with E-state index in [0.29, 0.717) is 18.7 Å². The van der Waals surface area contributed by atoms with Crippen molar-refractivity contribution >= 4 is 29.3 Å². The summed E-state index contributed by atoms with van der Waals surface area (Å²) in [6.45, 7) is 2.47. The molecule has 2 N–H and O–H groups in total. The normalized spacial score (nSPS) is 13.7. The van der Waals surface area contributed by atoms with E-state index in [0.717, 1.165) is 22.6 Å². The SMILES string of the molecule is CCC(=O)NCCc1ccc2c(c1)NC(=O)CS2. The molecule has 1 heterocycles. The molecule has 2 amide bonds. The van der Waals surface area contributed by atoms with Gasteiger partial charge in [-0.05, 0) is 24.1 Å². The van der Waals surface area contributed by atoms with Crippen LogP contribution in [0.4, 0.5) is 5.69 Å². The van der Waals surface area contributed by atoms with Gasteiger partial charge in [-0.25, -0.2) is 0 Å². The van der Waals surface area contributed by atoms with E-state index in [1.807, 2.05) is 25.1 Å². The summed E-state index contributed by atoms with van der Waals surface area (Å²) in [5.74, 6) is 0.597. The number of carbonyl (C=O) groups excluding carboxylic acids is 2. The minimum atomic E-state index is 0.0453. The van der Waals surface area contributed by atoms with Gasteiger partial charge in [0.2, 0.25) is 11.8 Å². The smallest absolute Gasteiger partial charge is 0.234 e. The van der Waals surface area contributed by atoms with Gasteiger partial charge < -0.3 is 10.6 Å². The molecule has 4 nitrogen and oxygen atoms in total. The number of benzene rings is 1. The summed E-state index contributed by atoms with van der Waals surface area (Å²) in [5.41, 5.74) is 2.00. The lowest BCUT2D eigenvalue weighted by Crippen LogP contribution is -2.24. The van der Waals surface area contributed by atoms with Crippen LogP contribution in [-0.2, 0) is 16.0 Å². The third-order valence-electron chi connectivity index (χ3n) is 2.73. The first-order valence-electron chi connectivity index (χ1n) is 6.01. The number of amides is 2. The van der Waals surface area contributed by atoms with E-state index in [-0.39, 0.29) is 11.8 Å². The second kappa shape index (κ2) is 5.91. The Morgan fingerprint density at radius 1 is 1.50 bits per heavy atom. The highest BCUT2D eigenvalue weighted by Gasteiger charge is 2.15. The highest BCUT2D eigenvalue weighted by Crippen LogP contribution is 2.31. The van der Waals surface area contributed by atoms with E-state index in [9.17, 15) is 9.59 Å². The topological polar surface area (TPSA) is 58.2 Å². The zero-order valence-electron chi connectivity index (χ0n) is 10.3. The van der Waals surface area contributed by atoms with Crippen LogP contribution in [0.25, 0.3) is 0 Å². The molecule has 2 rings (SSSR count). The highest BCUT2D eigenvalue weighted by atomic mass is 32.2. The Bertz CT molecular complexity index is 474. The van der Waals surface area contributed by atoms with Crippen molar-refractivity contribution in [1.82, 2.24) is 5.32 Å². The maximum absolute atomic E-state index is 11.3. The van der Waals surface area contributed by atoms with Gasteiger partial charge in [0, 0.05) is 17.9 Å². The molecule has 0 aliphatic carbocycles. The van der Waals surface area contributed by atoms with E-state index in [1.54, 1.807) is 11.8 Å². The number of fused-ring (bicyclic) bond motifs is 1. The van der Waals surface area contributed by atoms with E-state index < -0.39 is 0 Å². The average molecular weight is 264 g/mol. The molecule has 0 bridgehead atoms. The van der Waals surface area contributed by atoms with Crippen molar-refractivity contribution in [3.63, 3.8) is 0 Å². The first kappa shape index (κ1) is 13.0. The fraction of sp³-hybridized carbons (Fsp3) is 0.385. The van der Waals surface area contributed by atoms with Gasteiger partial charge in [0.1, 0.15) is 0 Å². The minimum Gasteiger partial charge on any atom is -0.356 e. The van der Waals surface area contributed by atoms with Gasteiger partial charge in [-0.1, -0.05) is 13.0 Å².